The number of anilines is 2. The molecule has 2 N–H and O–H groups in total. The number of carbonyl (C=O) groups is 1. The highest BCUT2D eigenvalue weighted by Gasteiger charge is 2.17. The number of nitrogens with zero attached hydrogens (tertiary/aromatic N) is 2. The minimum Gasteiger partial charge on any atom is -0.508 e. The summed E-state index contributed by atoms with van der Waals surface area (Å²) in [6, 6.07) is 8.07. The second-order valence-corrected chi connectivity index (χ2v) is 5.98. The zero-order chi connectivity index (χ0) is 16.2. The molecule has 1 saturated heterocycles. The minimum atomic E-state index is -0.252. The first-order valence-electron chi connectivity index (χ1n) is 7.22. The highest BCUT2D eigenvalue weighted by molar-refractivity contribution is 9.10. The average Bonchev–Trinajstić information content (AvgIpc) is 2.57. The number of amides is 1. The second-order valence-electron chi connectivity index (χ2n) is 5.13. The maximum Gasteiger partial charge on any atom is 0.257 e. The van der Waals surface area contributed by atoms with E-state index in [9.17, 15) is 9.90 Å². The van der Waals surface area contributed by atoms with E-state index >= 15 is 0 Å². The van der Waals surface area contributed by atoms with E-state index in [1.807, 2.05) is 0 Å². The van der Waals surface area contributed by atoms with Crippen LogP contribution in [-0.4, -0.2) is 42.3 Å². The van der Waals surface area contributed by atoms with Gasteiger partial charge in [0.2, 0.25) is 0 Å². The van der Waals surface area contributed by atoms with Gasteiger partial charge in [-0.15, -0.1) is 0 Å². The first-order valence-corrected chi connectivity index (χ1v) is 8.01. The Hall–Kier alpha value is -2.12. The Morgan fingerprint density at radius 3 is 2.61 bits per heavy atom. The number of halogens is 1. The summed E-state index contributed by atoms with van der Waals surface area (Å²) in [7, 11) is 0. The van der Waals surface area contributed by atoms with Crippen molar-refractivity contribution < 1.29 is 14.6 Å². The van der Waals surface area contributed by atoms with Crippen LogP contribution in [0, 0.1) is 0 Å². The molecule has 1 aliphatic heterocycles. The van der Waals surface area contributed by atoms with Crippen LogP contribution < -0.4 is 10.2 Å². The van der Waals surface area contributed by atoms with E-state index in [0.717, 1.165) is 23.4 Å². The fourth-order valence-corrected chi connectivity index (χ4v) is 2.91. The maximum atomic E-state index is 12.3. The van der Waals surface area contributed by atoms with E-state index < -0.39 is 0 Å². The van der Waals surface area contributed by atoms with Gasteiger partial charge in [0.25, 0.3) is 5.91 Å². The molecule has 23 heavy (non-hydrogen) atoms. The van der Waals surface area contributed by atoms with E-state index in [0.29, 0.717) is 24.5 Å². The molecule has 1 aromatic carbocycles. The van der Waals surface area contributed by atoms with Crippen LogP contribution in [0.5, 0.6) is 5.75 Å². The monoisotopic (exact) mass is 377 g/mol. The molecule has 0 saturated carbocycles. The molecule has 6 nitrogen and oxygen atoms in total. The highest BCUT2D eigenvalue weighted by Crippen LogP contribution is 2.26. The standard InChI is InChI=1S/C16H16BrN3O3/c17-14-9-11(10-18-15(14)20-5-7-23-8-6-20)16(22)19-12-1-3-13(21)4-2-12/h1-4,9-10,21H,5-8H2,(H,19,22). The van der Waals surface area contributed by atoms with Crippen LogP contribution in [0.4, 0.5) is 11.5 Å². The molecule has 2 aromatic rings. The zero-order valence-electron chi connectivity index (χ0n) is 12.3. The number of rotatable bonds is 3. The third-order valence-electron chi connectivity index (χ3n) is 3.52. The summed E-state index contributed by atoms with van der Waals surface area (Å²) in [4.78, 5) is 18.8. The molecule has 0 unspecified atom stereocenters. The summed E-state index contributed by atoms with van der Waals surface area (Å²) in [5, 5.41) is 12.0. The van der Waals surface area contributed by atoms with Crippen molar-refractivity contribution in [2.24, 2.45) is 0 Å². The van der Waals surface area contributed by atoms with Crippen molar-refractivity contribution in [1.82, 2.24) is 4.98 Å². The van der Waals surface area contributed by atoms with Crippen molar-refractivity contribution in [3.05, 3.63) is 46.6 Å². The first kappa shape index (κ1) is 15.8. The van der Waals surface area contributed by atoms with Gasteiger partial charge in [-0.2, -0.15) is 0 Å². The number of carbonyl (C=O) groups excluding carboxylic acids is 1. The molecule has 0 radical (unpaired) electrons. The molecule has 1 aliphatic rings. The number of phenols is 1. The molecule has 7 heteroatoms. The third kappa shape index (κ3) is 3.80. The van der Waals surface area contributed by atoms with Crippen LogP contribution in [-0.2, 0) is 4.74 Å². The first-order chi connectivity index (χ1) is 11.1. The lowest BCUT2D eigenvalue weighted by molar-refractivity contribution is 0.102. The number of ether oxygens (including phenoxy) is 1. The molecular formula is C16H16BrN3O3. The lowest BCUT2D eigenvalue weighted by Crippen LogP contribution is -2.37. The molecule has 120 valence electrons. The van der Waals surface area contributed by atoms with Crippen molar-refractivity contribution in [2.45, 2.75) is 0 Å². The molecule has 3 rings (SSSR count). The molecule has 2 heterocycles. The summed E-state index contributed by atoms with van der Waals surface area (Å²) >= 11 is 3.49. The number of aromatic nitrogens is 1. The normalized spacial score (nSPS) is 14.6. The van der Waals surface area contributed by atoms with Gasteiger partial charge < -0.3 is 20.1 Å². The number of morpholine rings is 1. The van der Waals surface area contributed by atoms with Gasteiger partial charge >= 0.3 is 0 Å². The molecular weight excluding hydrogens is 362 g/mol. The Kier molecular flexibility index (Phi) is 4.78. The highest BCUT2D eigenvalue weighted by atomic mass is 79.9. The van der Waals surface area contributed by atoms with Crippen LogP contribution in [0.2, 0.25) is 0 Å². The number of benzene rings is 1. The topological polar surface area (TPSA) is 74.7 Å². The van der Waals surface area contributed by atoms with Crippen LogP contribution in [0.15, 0.2) is 41.0 Å². The molecule has 1 fully saturated rings. The van der Waals surface area contributed by atoms with Crippen molar-refractivity contribution in [3.8, 4) is 5.75 Å². The van der Waals surface area contributed by atoms with E-state index in [-0.39, 0.29) is 11.7 Å². The number of nitrogens with one attached hydrogen (secondary N) is 1. The van der Waals surface area contributed by atoms with Gasteiger partial charge in [-0.3, -0.25) is 4.79 Å². The van der Waals surface area contributed by atoms with Crippen molar-refractivity contribution in [2.75, 3.05) is 36.5 Å². The summed E-state index contributed by atoms with van der Waals surface area (Å²) in [6.07, 6.45) is 1.56. The Morgan fingerprint density at radius 1 is 1.26 bits per heavy atom. The van der Waals surface area contributed by atoms with Gasteiger partial charge in [-0.1, -0.05) is 0 Å². The lowest BCUT2D eigenvalue weighted by Gasteiger charge is -2.28. The summed E-state index contributed by atoms with van der Waals surface area (Å²) < 4.78 is 6.11. The number of aromatic hydroxyl groups is 1. The SMILES string of the molecule is O=C(Nc1ccc(O)cc1)c1cnc(N2CCOCC2)c(Br)c1. The van der Waals surface area contributed by atoms with Crippen LogP contribution >= 0.6 is 15.9 Å². The predicted molar refractivity (Wildman–Crippen MR) is 91.0 cm³/mol. The predicted octanol–water partition coefficient (Wildman–Crippen LogP) is 2.64. The van der Waals surface area contributed by atoms with Crippen LogP contribution in [0.1, 0.15) is 10.4 Å². The van der Waals surface area contributed by atoms with Gasteiger partial charge in [0, 0.05) is 25.0 Å². The quantitative estimate of drug-likeness (QED) is 0.804. The maximum absolute atomic E-state index is 12.3. The van der Waals surface area contributed by atoms with Gasteiger partial charge in [-0.25, -0.2) is 4.98 Å². The smallest absolute Gasteiger partial charge is 0.257 e. The van der Waals surface area contributed by atoms with E-state index in [2.05, 4.69) is 31.1 Å². The molecule has 0 aliphatic carbocycles. The largest absolute Gasteiger partial charge is 0.508 e. The van der Waals surface area contributed by atoms with Crippen molar-refractivity contribution >= 4 is 33.3 Å². The second kappa shape index (κ2) is 6.97. The minimum absolute atomic E-state index is 0.155. The van der Waals surface area contributed by atoms with Gasteiger partial charge in [0.05, 0.1) is 23.2 Å². The number of phenolic OH excluding ortho intramolecular Hbond substituents is 1. The zero-order valence-corrected chi connectivity index (χ0v) is 13.9. The molecule has 1 aromatic heterocycles. The fourth-order valence-electron chi connectivity index (χ4n) is 2.31. The average molecular weight is 378 g/mol. The number of hydrogen-bond acceptors (Lipinski definition) is 5. The van der Waals surface area contributed by atoms with E-state index in [4.69, 9.17) is 4.74 Å². The molecule has 1 amide bonds. The number of pyridine rings is 1. The van der Waals surface area contributed by atoms with Gasteiger partial charge in [0.1, 0.15) is 11.6 Å². The fraction of sp³-hybridized carbons (Fsp3) is 0.250. The summed E-state index contributed by atoms with van der Waals surface area (Å²) in [6.45, 7) is 2.92. The van der Waals surface area contributed by atoms with Crippen molar-refractivity contribution in [3.63, 3.8) is 0 Å². The third-order valence-corrected chi connectivity index (χ3v) is 4.10. The summed E-state index contributed by atoms with van der Waals surface area (Å²) in [5.74, 6) is 0.717. The summed E-state index contributed by atoms with van der Waals surface area (Å²) in [5.41, 5.74) is 1.07. The Morgan fingerprint density at radius 2 is 1.96 bits per heavy atom. The Labute approximate surface area is 142 Å². The Bertz CT molecular complexity index is 700. The van der Waals surface area contributed by atoms with Crippen molar-refractivity contribution in [1.29, 1.82) is 0 Å². The van der Waals surface area contributed by atoms with Gasteiger partial charge in [-0.05, 0) is 46.3 Å². The lowest BCUT2D eigenvalue weighted by atomic mass is 10.2. The number of hydrogen-bond donors (Lipinski definition) is 2. The molecule has 0 bridgehead atoms. The van der Waals surface area contributed by atoms with Crippen LogP contribution in [0.25, 0.3) is 0 Å². The van der Waals surface area contributed by atoms with E-state index in [1.165, 1.54) is 12.1 Å². The van der Waals surface area contributed by atoms with Gasteiger partial charge in [0.15, 0.2) is 0 Å². The van der Waals surface area contributed by atoms with Crippen LogP contribution in [0.3, 0.4) is 0 Å². The van der Waals surface area contributed by atoms with E-state index in [1.54, 1.807) is 24.4 Å². The molecule has 0 atom stereocenters. The Balaban J connectivity index is 1.73. The molecule has 0 spiro atoms.